The minimum absolute atomic E-state index is 0.0738. The number of fused-ring (bicyclic) bond motifs is 1. The molecule has 0 radical (unpaired) electrons. The van der Waals surface area contributed by atoms with Crippen LogP contribution in [-0.2, 0) is 4.74 Å². The number of aromatic nitrogens is 5. The van der Waals surface area contributed by atoms with E-state index in [1.165, 1.54) is 4.52 Å². The maximum Gasteiger partial charge on any atom is 0.287 e. The molecule has 4 heterocycles. The van der Waals surface area contributed by atoms with Gasteiger partial charge < -0.3 is 14.1 Å². The second-order valence-corrected chi connectivity index (χ2v) is 7.38. The lowest BCUT2D eigenvalue weighted by molar-refractivity contribution is 0.0727. The molecule has 1 aromatic carbocycles. The lowest BCUT2D eigenvalue weighted by atomic mass is 10.0. The molecule has 0 amide bonds. The number of ether oxygens (including phenoxy) is 1. The minimum Gasteiger partial charge on any atom is -0.420 e. The molecule has 29 heavy (non-hydrogen) atoms. The zero-order valence-corrected chi connectivity index (χ0v) is 16.3. The third kappa shape index (κ3) is 2.96. The van der Waals surface area contributed by atoms with Crippen LogP contribution in [0.2, 0.25) is 0 Å². The van der Waals surface area contributed by atoms with Gasteiger partial charge in [-0.2, -0.15) is 9.61 Å². The number of hydrogen-bond acceptors (Lipinski definition) is 6. The maximum atomic E-state index is 13.3. The zero-order chi connectivity index (χ0) is 20.0. The maximum absolute atomic E-state index is 13.3. The molecule has 1 saturated heterocycles. The second kappa shape index (κ2) is 6.97. The van der Waals surface area contributed by atoms with Gasteiger partial charge in [-0.15, -0.1) is 10.2 Å². The Morgan fingerprint density at radius 2 is 1.97 bits per heavy atom. The Hall–Kier alpha value is -3.26. The van der Waals surface area contributed by atoms with Crippen LogP contribution in [0.5, 0.6) is 0 Å². The molecule has 5 rings (SSSR count). The van der Waals surface area contributed by atoms with Crippen molar-refractivity contribution < 1.29 is 9.15 Å². The van der Waals surface area contributed by atoms with Gasteiger partial charge in [-0.25, -0.2) is 0 Å². The summed E-state index contributed by atoms with van der Waals surface area (Å²) in [5.41, 5.74) is 4.05. The summed E-state index contributed by atoms with van der Waals surface area (Å²) in [5.74, 6) is 0.797. The van der Waals surface area contributed by atoms with Gasteiger partial charge in [0.1, 0.15) is 11.2 Å². The summed E-state index contributed by atoms with van der Waals surface area (Å²) >= 11 is 0. The lowest BCUT2D eigenvalue weighted by Gasteiger charge is -2.18. The first-order chi connectivity index (χ1) is 14.1. The third-order valence-electron chi connectivity index (χ3n) is 5.37. The van der Waals surface area contributed by atoms with Crippen molar-refractivity contribution in [1.82, 2.24) is 24.8 Å². The molecule has 0 spiro atoms. The van der Waals surface area contributed by atoms with E-state index in [0.717, 1.165) is 36.3 Å². The van der Waals surface area contributed by atoms with Crippen LogP contribution < -0.4 is 5.56 Å². The molecular formula is C21H21N5O3. The summed E-state index contributed by atoms with van der Waals surface area (Å²) in [6, 6.07) is 9.89. The van der Waals surface area contributed by atoms with Gasteiger partial charge in [0.15, 0.2) is 0 Å². The van der Waals surface area contributed by atoms with Gasteiger partial charge in [0.2, 0.25) is 5.89 Å². The predicted molar refractivity (Wildman–Crippen MR) is 107 cm³/mol. The summed E-state index contributed by atoms with van der Waals surface area (Å²) in [7, 11) is 0. The largest absolute Gasteiger partial charge is 0.420 e. The van der Waals surface area contributed by atoms with Gasteiger partial charge in [-0.1, -0.05) is 30.3 Å². The van der Waals surface area contributed by atoms with Gasteiger partial charge in [-0.3, -0.25) is 4.79 Å². The van der Waals surface area contributed by atoms with Crippen LogP contribution in [0.1, 0.15) is 36.0 Å². The van der Waals surface area contributed by atoms with Crippen LogP contribution in [-0.4, -0.2) is 38.0 Å². The molecule has 1 unspecified atom stereocenters. The SMILES string of the molecule is Cc1nn2c(=O)c(-c3nnc(C4CCCOC4)o3)c(C)[nH]c2c1-c1ccccc1. The van der Waals surface area contributed by atoms with Gasteiger partial charge in [0.25, 0.3) is 11.4 Å². The Morgan fingerprint density at radius 3 is 2.72 bits per heavy atom. The highest BCUT2D eigenvalue weighted by Gasteiger charge is 2.25. The number of nitrogens with one attached hydrogen (secondary N) is 1. The Morgan fingerprint density at radius 1 is 1.14 bits per heavy atom. The van der Waals surface area contributed by atoms with Crippen LogP contribution in [0.15, 0.2) is 39.5 Å². The van der Waals surface area contributed by atoms with Gasteiger partial charge in [0.05, 0.1) is 18.2 Å². The highest BCUT2D eigenvalue weighted by molar-refractivity contribution is 5.80. The van der Waals surface area contributed by atoms with Crippen molar-refractivity contribution in [2.45, 2.75) is 32.6 Å². The highest BCUT2D eigenvalue weighted by Crippen LogP contribution is 2.29. The van der Waals surface area contributed by atoms with Crippen molar-refractivity contribution in [2.75, 3.05) is 13.2 Å². The number of H-pyrrole nitrogens is 1. The van der Waals surface area contributed by atoms with Crippen LogP contribution in [0.25, 0.3) is 28.2 Å². The molecule has 1 aliphatic rings. The van der Waals surface area contributed by atoms with Crippen LogP contribution in [0.3, 0.4) is 0 Å². The summed E-state index contributed by atoms with van der Waals surface area (Å²) in [6.07, 6.45) is 1.90. The average Bonchev–Trinajstić information content (AvgIpc) is 3.34. The van der Waals surface area contributed by atoms with E-state index in [1.54, 1.807) is 0 Å². The van der Waals surface area contributed by atoms with E-state index in [-0.39, 0.29) is 17.4 Å². The van der Waals surface area contributed by atoms with Crippen LogP contribution >= 0.6 is 0 Å². The van der Waals surface area contributed by atoms with Gasteiger partial charge in [-0.05, 0) is 32.3 Å². The summed E-state index contributed by atoms with van der Waals surface area (Å²) in [5, 5.41) is 12.8. The standard InChI is InChI=1S/C21H21N5O3/c1-12-17(20-24-23-19(29-20)15-9-6-10-28-11-15)21(27)26-18(22-12)16(13(2)25-26)14-7-4-3-5-8-14/h3-5,7-8,15,22H,6,9-11H2,1-2H3. The Kier molecular flexibility index (Phi) is 4.28. The summed E-state index contributed by atoms with van der Waals surface area (Å²) < 4.78 is 12.8. The number of hydrogen-bond donors (Lipinski definition) is 1. The molecule has 1 fully saturated rings. The monoisotopic (exact) mass is 391 g/mol. The third-order valence-corrected chi connectivity index (χ3v) is 5.37. The zero-order valence-electron chi connectivity index (χ0n) is 16.3. The van der Waals surface area contributed by atoms with E-state index in [1.807, 2.05) is 44.2 Å². The number of nitrogens with zero attached hydrogens (tertiary/aromatic N) is 4. The molecule has 8 heteroatoms. The van der Waals surface area contributed by atoms with Crippen LogP contribution in [0.4, 0.5) is 0 Å². The molecule has 3 aromatic heterocycles. The molecule has 8 nitrogen and oxygen atoms in total. The minimum atomic E-state index is -0.281. The molecule has 1 aliphatic heterocycles. The quantitative estimate of drug-likeness (QED) is 0.576. The molecule has 0 aliphatic carbocycles. The average molecular weight is 391 g/mol. The van der Waals surface area contributed by atoms with Crippen molar-refractivity contribution in [3.8, 4) is 22.6 Å². The second-order valence-electron chi connectivity index (χ2n) is 7.38. The molecular weight excluding hydrogens is 370 g/mol. The Labute approximate surface area is 166 Å². The van der Waals surface area contributed by atoms with E-state index in [4.69, 9.17) is 9.15 Å². The van der Waals surface area contributed by atoms with E-state index < -0.39 is 0 Å². The fourth-order valence-corrected chi connectivity index (χ4v) is 3.93. The van der Waals surface area contributed by atoms with Crippen molar-refractivity contribution >= 4 is 5.65 Å². The van der Waals surface area contributed by atoms with E-state index in [9.17, 15) is 4.79 Å². The molecule has 4 aromatic rings. The van der Waals surface area contributed by atoms with Crippen molar-refractivity contribution in [1.29, 1.82) is 0 Å². The highest BCUT2D eigenvalue weighted by atomic mass is 16.5. The van der Waals surface area contributed by atoms with E-state index >= 15 is 0 Å². The molecule has 148 valence electrons. The van der Waals surface area contributed by atoms with E-state index in [0.29, 0.717) is 29.4 Å². The fourth-order valence-electron chi connectivity index (χ4n) is 3.93. The molecule has 1 N–H and O–H groups in total. The number of aryl methyl sites for hydroxylation is 2. The van der Waals surface area contributed by atoms with Gasteiger partial charge in [0, 0.05) is 17.9 Å². The topological polar surface area (TPSA) is 98.3 Å². The molecule has 0 bridgehead atoms. The van der Waals surface area contributed by atoms with E-state index in [2.05, 4.69) is 20.3 Å². The first-order valence-electron chi connectivity index (χ1n) is 9.72. The number of rotatable bonds is 3. The first kappa shape index (κ1) is 17.8. The smallest absolute Gasteiger partial charge is 0.287 e. The number of benzene rings is 1. The van der Waals surface area contributed by atoms with Crippen molar-refractivity contribution in [3.05, 3.63) is 58.0 Å². The first-order valence-corrected chi connectivity index (χ1v) is 9.72. The van der Waals surface area contributed by atoms with Crippen LogP contribution in [0, 0.1) is 13.8 Å². The van der Waals surface area contributed by atoms with Crippen molar-refractivity contribution in [3.63, 3.8) is 0 Å². The molecule has 0 saturated carbocycles. The predicted octanol–water partition coefficient (Wildman–Crippen LogP) is 3.25. The molecule has 1 atom stereocenters. The van der Waals surface area contributed by atoms with Crippen molar-refractivity contribution in [2.24, 2.45) is 0 Å². The summed E-state index contributed by atoms with van der Waals surface area (Å²) in [6.45, 7) is 5.05. The Balaban J connectivity index is 1.63. The number of aromatic amines is 1. The van der Waals surface area contributed by atoms with Gasteiger partial charge >= 0.3 is 0 Å². The summed E-state index contributed by atoms with van der Waals surface area (Å²) in [4.78, 5) is 16.6. The lowest BCUT2D eigenvalue weighted by Crippen LogP contribution is -2.19. The Bertz CT molecular complexity index is 1230. The fraction of sp³-hybridized carbons (Fsp3) is 0.333. The normalized spacial score (nSPS) is 17.1.